The van der Waals surface area contributed by atoms with Crippen molar-refractivity contribution in [3.63, 3.8) is 0 Å². The fourth-order valence-corrected chi connectivity index (χ4v) is 4.61. The molecule has 0 aliphatic carbocycles. The third kappa shape index (κ3) is 3.36. The Kier molecular flexibility index (Phi) is 4.81. The van der Waals surface area contributed by atoms with Crippen LogP contribution in [0.3, 0.4) is 0 Å². The van der Waals surface area contributed by atoms with Gasteiger partial charge in [0.2, 0.25) is 10.0 Å². The first-order valence-corrected chi connectivity index (χ1v) is 11.3. The van der Waals surface area contributed by atoms with Crippen LogP contribution in [0.2, 0.25) is 0 Å². The Bertz CT molecular complexity index is 1150. The molecule has 0 saturated carbocycles. The highest BCUT2D eigenvalue weighted by Crippen LogP contribution is 2.52. The third-order valence-electron chi connectivity index (χ3n) is 4.55. The number of nitrogens with one attached hydrogen (secondary N) is 1. The number of anilines is 1. The molecule has 0 aromatic heterocycles. The van der Waals surface area contributed by atoms with Crippen LogP contribution in [0.4, 0.5) is 5.69 Å². The molecular formula is C21H18BrNO4S. The molecule has 1 unspecified atom stereocenters. The molecule has 1 aliphatic rings. The predicted molar refractivity (Wildman–Crippen MR) is 114 cm³/mol. The van der Waals surface area contributed by atoms with E-state index >= 15 is 0 Å². The van der Waals surface area contributed by atoms with Gasteiger partial charge in [0.05, 0.1) is 24.6 Å². The van der Waals surface area contributed by atoms with Gasteiger partial charge in [0.25, 0.3) is 0 Å². The Morgan fingerprint density at radius 2 is 1.79 bits per heavy atom. The fraction of sp³-hybridized carbons (Fsp3) is 0.143. The second-order valence-corrected chi connectivity index (χ2v) is 9.11. The van der Waals surface area contributed by atoms with Crippen molar-refractivity contribution in [3.05, 3.63) is 76.3 Å². The summed E-state index contributed by atoms with van der Waals surface area (Å²) in [5.74, 6) is 1.06. The number of hydrogen-bond donors (Lipinski definition) is 1. The summed E-state index contributed by atoms with van der Waals surface area (Å²) in [4.78, 5) is 0. The zero-order valence-electron chi connectivity index (χ0n) is 15.3. The first kappa shape index (κ1) is 18.8. The smallest absolute Gasteiger partial charge is 0.229 e. The van der Waals surface area contributed by atoms with Crippen molar-refractivity contribution in [2.45, 2.75) is 6.10 Å². The molecule has 1 aliphatic heterocycles. The number of benzene rings is 3. The monoisotopic (exact) mass is 459 g/mol. The molecule has 0 saturated heterocycles. The third-order valence-corrected chi connectivity index (χ3v) is 5.83. The normalized spacial score (nSPS) is 15.2. The summed E-state index contributed by atoms with van der Waals surface area (Å²) >= 11 is 3.65. The highest BCUT2D eigenvalue weighted by Gasteiger charge is 2.32. The molecule has 3 aromatic rings. The van der Waals surface area contributed by atoms with Crippen LogP contribution in [0.25, 0.3) is 11.1 Å². The van der Waals surface area contributed by atoms with Gasteiger partial charge in [0.15, 0.2) is 11.9 Å². The predicted octanol–water partition coefficient (Wildman–Crippen LogP) is 4.98. The second kappa shape index (κ2) is 7.14. The van der Waals surface area contributed by atoms with Crippen molar-refractivity contribution in [3.8, 4) is 22.6 Å². The average Bonchev–Trinajstić information content (AvgIpc) is 2.67. The van der Waals surface area contributed by atoms with E-state index in [2.05, 4.69) is 20.7 Å². The van der Waals surface area contributed by atoms with Crippen molar-refractivity contribution < 1.29 is 17.9 Å². The largest absolute Gasteiger partial charge is 0.494 e. The van der Waals surface area contributed by atoms with Gasteiger partial charge in [-0.05, 0) is 29.3 Å². The second-order valence-electron chi connectivity index (χ2n) is 6.50. The molecule has 144 valence electrons. The van der Waals surface area contributed by atoms with E-state index in [4.69, 9.17) is 9.47 Å². The fourth-order valence-electron chi connectivity index (χ4n) is 3.48. The summed E-state index contributed by atoms with van der Waals surface area (Å²) in [6, 6.07) is 19.3. The standard InChI is InChI=1S/C21H18BrNO4S/c1-26-21-16(23-28(2,24)25)11-12-17-19(21)14-9-6-10-15(22)18(14)20(27-17)13-7-4-3-5-8-13/h3-12,20,23H,1-2H3. The van der Waals surface area contributed by atoms with Gasteiger partial charge in [0, 0.05) is 10.0 Å². The first-order valence-electron chi connectivity index (χ1n) is 8.58. The van der Waals surface area contributed by atoms with Gasteiger partial charge in [-0.1, -0.05) is 58.4 Å². The molecule has 0 radical (unpaired) electrons. The zero-order chi connectivity index (χ0) is 19.9. The summed E-state index contributed by atoms with van der Waals surface area (Å²) < 4.78 is 38.9. The SMILES string of the molecule is COc1c(NS(C)(=O)=O)ccc2c1-c1cccc(Br)c1C(c1ccccc1)O2. The van der Waals surface area contributed by atoms with Gasteiger partial charge in [-0.2, -0.15) is 0 Å². The van der Waals surface area contributed by atoms with Crippen LogP contribution < -0.4 is 14.2 Å². The number of fused-ring (bicyclic) bond motifs is 3. The van der Waals surface area contributed by atoms with Crippen LogP contribution in [0.15, 0.2) is 65.1 Å². The molecule has 28 heavy (non-hydrogen) atoms. The van der Waals surface area contributed by atoms with Crippen molar-refractivity contribution >= 4 is 31.6 Å². The lowest BCUT2D eigenvalue weighted by molar-refractivity contribution is 0.241. The molecule has 1 atom stereocenters. The molecule has 0 bridgehead atoms. The highest BCUT2D eigenvalue weighted by atomic mass is 79.9. The van der Waals surface area contributed by atoms with Gasteiger partial charge in [-0.15, -0.1) is 0 Å². The van der Waals surface area contributed by atoms with Gasteiger partial charge in [0.1, 0.15) is 5.75 Å². The van der Waals surface area contributed by atoms with E-state index in [1.807, 2.05) is 48.5 Å². The molecular weight excluding hydrogens is 442 g/mol. The van der Waals surface area contributed by atoms with Crippen LogP contribution in [0.1, 0.15) is 17.2 Å². The number of sulfonamides is 1. The van der Waals surface area contributed by atoms with E-state index in [1.54, 1.807) is 12.1 Å². The Labute approximate surface area is 172 Å². The highest BCUT2D eigenvalue weighted by molar-refractivity contribution is 9.10. The molecule has 4 rings (SSSR count). The summed E-state index contributed by atoms with van der Waals surface area (Å²) in [5, 5.41) is 0. The van der Waals surface area contributed by atoms with Crippen LogP contribution in [-0.2, 0) is 10.0 Å². The van der Waals surface area contributed by atoms with Crippen LogP contribution >= 0.6 is 15.9 Å². The number of methoxy groups -OCH3 is 1. The van der Waals surface area contributed by atoms with Crippen molar-refractivity contribution in [1.29, 1.82) is 0 Å². The van der Waals surface area contributed by atoms with E-state index in [0.29, 0.717) is 17.2 Å². The Morgan fingerprint density at radius 1 is 1.04 bits per heavy atom. The van der Waals surface area contributed by atoms with Crippen molar-refractivity contribution in [2.75, 3.05) is 18.1 Å². The van der Waals surface area contributed by atoms with E-state index in [9.17, 15) is 8.42 Å². The number of halogens is 1. The molecule has 1 heterocycles. The molecule has 0 fully saturated rings. The van der Waals surface area contributed by atoms with E-state index in [-0.39, 0.29) is 6.10 Å². The maximum Gasteiger partial charge on any atom is 0.229 e. The Morgan fingerprint density at radius 3 is 2.46 bits per heavy atom. The van der Waals surface area contributed by atoms with E-state index in [0.717, 1.165) is 33.0 Å². The van der Waals surface area contributed by atoms with Crippen LogP contribution in [0, 0.1) is 0 Å². The zero-order valence-corrected chi connectivity index (χ0v) is 17.7. The summed E-state index contributed by atoms with van der Waals surface area (Å²) in [5.41, 5.74) is 4.02. The van der Waals surface area contributed by atoms with E-state index in [1.165, 1.54) is 7.11 Å². The summed E-state index contributed by atoms with van der Waals surface area (Å²) in [6.45, 7) is 0. The average molecular weight is 460 g/mol. The number of ether oxygens (including phenoxy) is 2. The first-order chi connectivity index (χ1) is 13.4. The van der Waals surface area contributed by atoms with Gasteiger partial charge in [-0.3, -0.25) is 4.72 Å². The summed E-state index contributed by atoms with van der Waals surface area (Å²) in [6.07, 6.45) is 0.816. The van der Waals surface area contributed by atoms with Crippen molar-refractivity contribution in [2.24, 2.45) is 0 Å². The number of rotatable bonds is 4. The number of hydrogen-bond acceptors (Lipinski definition) is 4. The minimum absolute atomic E-state index is 0.294. The maximum absolute atomic E-state index is 11.8. The molecule has 3 aromatic carbocycles. The molecule has 5 nitrogen and oxygen atoms in total. The van der Waals surface area contributed by atoms with Gasteiger partial charge >= 0.3 is 0 Å². The lowest BCUT2D eigenvalue weighted by atomic mass is 9.89. The minimum Gasteiger partial charge on any atom is -0.494 e. The molecule has 0 spiro atoms. The molecule has 7 heteroatoms. The quantitative estimate of drug-likeness (QED) is 0.597. The minimum atomic E-state index is -3.46. The van der Waals surface area contributed by atoms with Crippen LogP contribution in [0.5, 0.6) is 11.5 Å². The Balaban J connectivity index is 1.96. The van der Waals surface area contributed by atoms with Gasteiger partial charge < -0.3 is 9.47 Å². The summed E-state index contributed by atoms with van der Waals surface area (Å²) in [7, 11) is -1.94. The van der Waals surface area contributed by atoms with Gasteiger partial charge in [-0.25, -0.2) is 8.42 Å². The van der Waals surface area contributed by atoms with E-state index < -0.39 is 10.0 Å². The molecule has 0 amide bonds. The lowest BCUT2D eigenvalue weighted by Gasteiger charge is -2.31. The maximum atomic E-state index is 11.8. The lowest BCUT2D eigenvalue weighted by Crippen LogP contribution is -2.17. The van der Waals surface area contributed by atoms with Crippen molar-refractivity contribution in [1.82, 2.24) is 0 Å². The van der Waals surface area contributed by atoms with Crippen LogP contribution in [-0.4, -0.2) is 21.8 Å². The Hall–Kier alpha value is -2.51. The molecule has 1 N–H and O–H groups in total. The topological polar surface area (TPSA) is 64.6 Å².